The van der Waals surface area contributed by atoms with Crippen molar-refractivity contribution in [1.82, 2.24) is 0 Å². The molecule has 56 heavy (non-hydrogen) atoms. The van der Waals surface area contributed by atoms with Gasteiger partial charge in [-0.15, -0.1) is 0 Å². The first kappa shape index (κ1) is 53.4. The van der Waals surface area contributed by atoms with Gasteiger partial charge in [-0.3, -0.25) is 13.8 Å². The molecule has 0 spiro atoms. The van der Waals surface area contributed by atoms with Crippen LogP contribution in [0.1, 0.15) is 155 Å². The fraction of sp³-hybridized carbons (Fsp3) is 0.638. The Labute approximate surface area is 342 Å². The third-order valence-electron chi connectivity index (χ3n) is 8.50. The summed E-state index contributed by atoms with van der Waals surface area (Å²) in [5.74, 6) is -0.362. The van der Waals surface area contributed by atoms with E-state index in [0.29, 0.717) is 6.61 Å². The van der Waals surface area contributed by atoms with E-state index >= 15 is 0 Å². The molecule has 0 radical (unpaired) electrons. The third-order valence-corrected chi connectivity index (χ3v) is 9.48. The molecule has 320 valence electrons. The predicted octanol–water partition coefficient (Wildman–Crippen LogP) is 13.1. The van der Waals surface area contributed by atoms with Crippen LogP contribution in [0.3, 0.4) is 0 Å². The lowest BCUT2D eigenvalue weighted by Crippen LogP contribution is -2.28. The van der Waals surface area contributed by atoms with Crippen LogP contribution in [-0.4, -0.2) is 49.9 Å². The van der Waals surface area contributed by atoms with Crippen LogP contribution in [0, 0.1) is 0 Å². The Morgan fingerprint density at radius 3 is 1.41 bits per heavy atom. The highest BCUT2D eigenvalue weighted by Gasteiger charge is 2.25. The number of ether oxygens (including phenoxy) is 2. The van der Waals surface area contributed by atoms with Crippen LogP contribution in [0.15, 0.2) is 97.2 Å². The molecule has 0 fully saturated rings. The fourth-order valence-corrected chi connectivity index (χ4v) is 6.15. The molecule has 0 aromatic rings. The molecule has 9 heteroatoms. The van der Waals surface area contributed by atoms with Gasteiger partial charge in [0, 0.05) is 19.6 Å². The van der Waals surface area contributed by atoms with Gasteiger partial charge in [-0.25, -0.2) is 4.57 Å². The number of allylic oxidation sites excluding steroid dienone is 16. The van der Waals surface area contributed by atoms with Crippen LogP contribution in [0.5, 0.6) is 0 Å². The molecule has 0 aromatic carbocycles. The lowest BCUT2D eigenvalue weighted by Gasteiger charge is -2.20. The summed E-state index contributed by atoms with van der Waals surface area (Å²) >= 11 is 0. The van der Waals surface area contributed by atoms with Crippen molar-refractivity contribution in [1.29, 1.82) is 0 Å². The number of rotatable bonds is 40. The topological polar surface area (TPSA) is 117 Å². The number of carbonyl (C=O) groups excluding carboxylic acids is 1. The summed E-state index contributed by atoms with van der Waals surface area (Å²) in [6.45, 7) is 4.61. The minimum atomic E-state index is -4.29. The highest BCUT2D eigenvalue weighted by molar-refractivity contribution is 7.47. The summed E-state index contributed by atoms with van der Waals surface area (Å²) in [6, 6.07) is 0. The van der Waals surface area contributed by atoms with E-state index < -0.39 is 13.9 Å². The maximum absolute atomic E-state index is 12.6. The first-order chi connectivity index (χ1) is 27.4. The van der Waals surface area contributed by atoms with Crippen molar-refractivity contribution in [2.24, 2.45) is 5.73 Å². The normalized spacial score (nSPS) is 14.4. The molecule has 0 aliphatic rings. The number of phosphoric ester groups is 1. The molecule has 2 unspecified atom stereocenters. The van der Waals surface area contributed by atoms with E-state index in [-0.39, 0.29) is 38.8 Å². The number of carbonyl (C=O) groups is 1. The van der Waals surface area contributed by atoms with Crippen LogP contribution in [0.25, 0.3) is 0 Å². The van der Waals surface area contributed by atoms with Crippen LogP contribution in [0.2, 0.25) is 0 Å². The molecule has 0 amide bonds. The zero-order chi connectivity index (χ0) is 40.9. The zero-order valence-electron chi connectivity index (χ0n) is 35.3. The molecule has 3 N–H and O–H groups in total. The van der Waals surface area contributed by atoms with Gasteiger partial charge < -0.3 is 20.1 Å². The molecule has 2 atom stereocenters. The van der Waals surface area contributed by atoms with E-state index in [1.165, 1.54) is 25.7 Å². The van der Waals surface area contributed by atoms with Crippen molar-refractivity contribution in [3.05, 3.63) is 97.2 Å². The lowest BCUT2D eigenvalue weighted by atomic mass is 10.1. The second kappa shape index (κ2) is 43.5. The molecule has 0 saturated heterocycles. The zero-order valence-corrected chi connectivity index (χ0v) is 36.2. The van der Waals surface area contributed by atoms with E-state index in [1.807, 2.05) is 0 Å². The van der Waals surface area contributed by atoms with Crippen molar-refractivity contribution in [3.8, 4) is 0 Å². The smallest absolute Gasteiger partial charge is 0.457 e. The summed E-state index contributed by atoms with van der Waals surface area (Å²) in [7, 11) is -4.29. The Balaban J connectivity index is 4.12. The Bertz CT molecular complexity index is 1170. The number of unbranched alkanes of at least 4 members (excludes halogenated alkanes) is 11. The Hall–Kier alpha value is -2.58. The number of esters is 1. The summed E-state index contributed by atoms with van der Waals surface area (Å²) in [6.07, 6.45) is 57.1. The van der Waals surface area contributed by atoms with Gasteiger partial charge in [-0.1, -0.05) is 156 Å². The van der Waals surface area contributed by atoms with Crippen molar-refractivity contribution in [2.75, 3.05) is 33.0 Å². The number of hydrogen-bond donors (Lipinski definition) is 2. The molecular weight excluding hydrogens is 721 g/mol. The van der Waals surface area contributed by atoms with Crippen molar-refractivity contribution in [3.63, 3.8) is 0 Å². The van der Waals surface area contributed by atoms with Gasteiger partial charge in [-0.05, 0) is 89.9 Å². The Morgan fingerprint density at radius 1 is 0.536 bits per heavy atom. The summed E-state index contributed by atoms with van der Waals surface area (Å²) < 4.78 is 33.4. The van der Waals surface area contributed by atoms with Crippen molar-refractivity contribution in [2.45, 2.75) is 161 Å². The Morgan fingerprint density at radius 2 is 0.946 bits per heavy atom. The third kappa shape index (κ3) is 42.6. The van der Waals surface area contributed by atoms with Crippen molar-refractivity contribution >= 4 is 13.8 Å². The highest BCUT2D eigenvalue weighted by atomic mass is 31.2. The van der Waals surface area contributed by atoms with Gasteiger partial charge in [0.1, 0.15) is 6.10 Å². The monoisotopic (exact) mass is 802 g/mol. The van der Waals surface area contributed by atoms with Crippen molar-refractivity contribution < 1.29 is 32.8 Å². The predicted molar refractivity (Wildman–Crippen MR) is 238 cm³/mol. The van der Waals surface area contributed by atoms with Crippen LogP contribution >= 0.6 is 7.82 Å². The number of phosphoric acid groups is 1. The van der Waals surface area contributed by atoms with E-state index in [0.717, 1.165) is 109 Å². The average Bonchev–Trinajstić information content (AvgIpc) is 3.19. The molecule has 0 heterocycles. The van der Waals surface area contributed by atoms with E-state index in [1.54, 1.807) is 0 Å². The maximum Gasteiger partial charge on any atom is 0.472 e. The molecule has 0 saturated carbocycles. The summed E-state index contributed by atoms with van der Waals surface area (Å²) in [5.41, 5.74) is 5.37. The van der Waals surface area contributed by atoms with Crippen LogP contribution in [-0.2, 0) is 27.9 Å². The molecule has 0 bridgehead atoms. The minimum absolute atomic E-state index is 0.0882. The highest BCUT2D eigenvalue weighted by Crippen LogP contribution is 2.43. The number of nitrogens with two attached hydrogens (primary N) is 1. The first-order valence-corrected chi connectivity index (χ1v) is 23.2. The van der Waals surface area contributed by atoms with Gasteiger partial charge in [0.25, 0.3) is 0 Å². The van der Waals surface area contributed by atoms with Crippen LogP contribution < -0.4 is 5.73 Å². The molecular formula is C47H80NO7P. The standard InChI is InChI=1S/C47H80NO7P/c1-3-5-7-9-11-13-15-17-19-21-22-23-25-27-29-31-33-35-37-39-42-52-44-46(45-54-56(50,51)53-43-41-48)55-47(49)40-38-36-34-32-30-28-26-24-20-18-16-14-12-10-8-6-4-2/h5-8,11-14,17-20,22-23,26,28,46H,3-4,9-10,15-16,21,24-25,27,29-45,48H2,1-2H3,(H,50,51)/b7-5-,8-6-,13-11-,14-12-,19-17-,20-18-,23-22-,28-26-. The first-order valence-electron chi connectivity index (χ1n) is 21.7. The molecule has 0 aliphatic carbocycles. The van der Waals surface area contributed by atoms with E-state index in [9.17, 15) is 14.3 Å². The molecule has 0 aromatic heterocycles. The Kier molecular flexibility index (Phi) is 41.5. The second-order valence-electron chi connectivity index (χ2n) is 13.8. The van der Waals surface area contributed by atoms with Crippen LogP contribution in [0.4, 0.5) is 0 Å². The van der Waals surface area contributed by atoms with Gasteiger partial charge in [0.2, 0.25) is 0 Å². The largest absolute Gasteiger partial charge is 0.472 e. The van der Waals surface area contributed by atoms with E-state index in [2.05, 4.69) is 111 Å². The lowest BCUT2D eigenvalue weighted by molar-refractivity contribution is -0.154. The average molecular weight is 802 g/mol. The molecule has 0 aliphatic heterocycles. The molecule has 0 rings (SSSR count). The quantitative estimate of drug-likeness (QED) is 0.0272. The van der Waals surface area contributed by atoms with Gasteiger partial charge in [0.05, 0.1) is 19.8 Å². The summed E-state index contributed by atoms with van der Waals surface area (Å²) in [4.78, 5) is 22.5. The SMILES string of the molecule is CC/C=C\C/C=C\C/C=C\C/C=C\CCCCCCCCCOCC(COP(=O)(O)OCCN)OC(=O)CCCCCC/C=C\C/C=C\C/C=C\C/C=C\CC. The second-order valence-corrected chi connectivity index (χ2v) is 15.2. The molecule has 8 nitrogen and oxygen atoms in total. The minimum Gasteiger partial charge on any atom is -0.457 e. The van der Waals surface area contributed by atoms with Gasteiger partial charge >= 0.3 is 13.8 Å². The van der Waals surface area contributed by atoms with Gasteiger partial charge in [-0.2, -0.15) is 0 Å². The fourth-order valence-electron chi connectivity index (χ4n) is 5.39. The summed E-state index contributed by atoms with van der Waals surface area (Å²) in [5, 5.41) is 0. The number of hydrogen-bond acceptors (Lipinski definition) is 7. The maximum atomic E-state index is 12.6. The van der Waals surface area contributed by atoms with Gasteiger partial charge in [0.15, 0.2) is 0 Å². The van der Waals surface area contributed by atoms with E-state index in [4.69, 9.17) is 24.3 Å².